The molecular weight excluding hydrogens is 414 g/mol. The van der Waals surface area contributed by atoms with E-state index in [1.807, 2.05) is 30.3 Å². The molecule has 0 spiro atoms. The van der Waals surface area contributed by atoms with Crippen molar-refractivity contribution in [3.8, 4) is 0 Å². The third kappa shape index (κ3) is 3.91. The number of rotatable bonds is 6. The van der Waals surface area contributed by atoms with Crippen molar-refractivity contribution in [3.05, 3.63) is 64.8 Å². The van der Waals surface area contributed by atoms with Gasteiger partial charge in [0.1, 0.15) is 0 Å². The number of aliphatic carboxylic acids is 1. The van der Waals surface area contributed by atoms with Crippen LogP contribution in [0, 0.1) is 0 Å². The minimum atomic E-state index is -0.739. The number of aromatic nitrogens is 1. The average Bonchev–Trinajstić information content (AvgIpc) is 3.03. The first-order chi connectivity index (χ1) is 14.4. The molecule has 0 saturated carbocycles. The number of aryl methyl sites for hydroxylation is 1. The molecule has 1 atom stereocenters. The number of hydrogen-bond donors (Lipinski definition) is 1. The van der Waals surface area contributed by atoms with E-state index in [-0.39, 0.29) is 12.3 Å². The molecule has 3 nitrogen and oxygen atoms in total. The molecule has 2 heterocycles. The summed E-state index contributed by atoms with van der Waals surface area (Å²) in [4.78, 5) is 13.9. The Balaban J connectivity index is 2.01. The molecule has 4 rings (SSSR count). The van der Waals surface area contributed by atoms with Crippen molar-refractivity contribution in [2.45, 2.75) is 61.3 Å². The molecule has 1 aromatic heterocycles. The molecule has 0 unspecified atom stereocenters. The molecule has 0 saturated heterocycles. The second kappa shape index (κ2) is 8.52. The van der Waals surface area contributed by atoms with Gasteiger partial charge in [-0.25, -0.2) is 0 Å². The predicted molar refractivity (Wildman–Crippen MR) is 126 cm³/mol. The topological polar surface area (TPSA) is 42.2 Å². The number of nitrogens with zero attached hydrogens (tertiary/aromatic N) is 1. The first-order valence-corrected chi connectivity index (χ1v) is 11.6. The Labute approximate surface area is 186 Å². The summed E-state index contributed by atoms with van der Waals surface area (Å²) >= 11 is 7.82. The van der Waals surface area contributed by atoms with Crippen LogP contribution in [-0.4, -0.2) is 15.6 Å². The molecule has 0 aliphatic carbocycles. The van der Waals surface area contributed by atoms with Crippen molar-refractivity contribution >= 4 is 46.3 Å². The van der Waals surface area contributed by atoms with Gasteiger partial charge >= 0.3 is 5.97 Å². The number of halogens is 1. The van der Waals surface area contributed by atoms with Gasteiger partial charge in [-0.3, -0.25) is 4.79 Å². The number of carboxylic acid groups (broad SMARTS) is 1. The number of benzene rings is 2. The van der Waals surface area contributed by atoms with E-state index in [1.54, 1.807) is 11.8 Å². The largest absolute Gasteiger partial charge is 0.481 e. The van der Waals surface area contributed by atoms with Crippen molar-refractivity contribution in [2.24, 2.45) is 0 Å². The number of fused-ring (bicyclic) bond motifs is 3. The quantitative estimate of drug-likeness (QED) is 0.430. The van der Waals surface area contributed by atoms with Gasteiger partial charge in [-0.05, 0) is 60.2 Å². The maximum atomic E-state index is 11.6. The third-order valence-electron chi connectivity index (χ3n) is 5.84. The van der Waals surface area contributed by atoms with Gasteiger partial charge in [0.25, 0.3) is 0 Å². The highest BCUT2D eigenvalue weighted by atomic mass is 35.5. The molecule has 3 aromatic rings. The summed E-state index contributed by atoms with van der Waals surface area (Å²) in [5.41, 5.74) is 4.75. The first-order valence-electron chi connectivity index (χ1n) is 10.4. The smallest absolute Gasteiger partial charge is 0.304 e. The van der Waals surface area contributed by atoms with E-state index in [4.69, 9.17) is 11.6 Å². The van der Waals surface area contributed by atoms with E-state index in [0.29, 0.717) is 10.9 Å². The summed E-state index contributed by atoms with van der Waals surface area (Å²) in [7, 11) is 0. The second-order valence-electron chi connectivity index (χ2n) is 8.22. The summed E-state index contributed by atoms with van der Waals surface area (Å²) < 4.78 is 2.36. The van der Waals surface area contributed by atoms with Gasteiger partial charge in [0, 0.05) is 38.4 Å². The normalized spacial score (nSPS) is 16.1. The minimum absolute atomic E-state index is 0.0191. The Hall–Kier alpha value is -2.17. The summed E-state index contributed by atoms with van der Waals surface area (Å²) in [5, 5.41) is 11.5. The molecule has 156 valence electrons. The van der Waals surface area contributed by atoms with Crippen LogP contribution in [0.3, 0.4) is 0 Å². The fourth-order valence-corrected chi connectivity index (χ4v) is 5.84. The van der Waals surface area contributed by atoms with Crippen LogP contribution < -0.4 is 0 Å². The van der Waals surface area contributed by atoms with Gasteiger partial charge in [0.05, 0.1) is 11.9 Å². The predicted octanol–water partition coefficient (Wildman–Crippen LogP) is 7.56. The highest BCUT2D eigenvalue weighted by Crippen LogP contribution is 2.48. The minimum Gasteiger partial charge on any atom is -0.481 e. The Kier molecular flexibility index (Phi) is 5.99. The zero-order valence-electron chi connectivity index (χ0n) is 17.3. The summed E-state index contributed by atoms with van der Waals surface area (Å²) in [6.07, 6.45) is 3.96. The van der Waals surface area contributed by atoms with E-state index in [0.717, 1.165) is 29.8 Å². The van der Waals surface area contributed by atoms with Crippen LogP contribution in [-0.2, 0) is 11.3 Å². The molecule has 0 bridgehead atoms. The lowest BCUT2D eigenvalue weighted by Gasteiger charge is -2.25. The van der Waals surface area contributed by atoms with Crippen molar-refractivity contribution in [3.63, 3.8) is 0 Å². The fraction of sp³-hybridized carbons (Fsp3) is 0.320. The van der Waals surface area contributed by atoms with Crippen LogP contribution in [0.2, 0.25) is 5.02 Å². The highest BCUT2D eigenvalue weighted by molar-refractivity contribution is 7.99. The van der Waals surface area contributed by atoms with Crippen LogP contribution in [0.25, 0.3) is 17.0 Å². The third-order valence-corrected chi connectivity index (χ3v) is 7.22. The van der Waals surface area contributed by atoms with Crippen LogP contribution in [0.15, 0.2) is 52.8 Å². The van der Waals surface area contributed by atoms with Gasteiger partial charge in [0.15, 0.2) is 0 Å². The fourth-order valence-electron chi connectivity index (χ4n) is 4.50. The molecule has 5 heteroatoms. The van der Waals surface area contributed by atoms with Crippen molar-refractivity contribution in [1.29, 1.82) is 0 Å². The Morgan fingerprint density at radius 2 is 2.07 bits per heavy atom. The van der Waals surface area contributed by atoms with Gasteiger partial charge in [-0.1, -0.05) is 55.9 Å². The van der Waals surface area contributed by atoms with Crippen molar-refractivity contribution in [1.82, 2.24) is 4.57 Å². The van der Waals surface area contributed by atoms with Crippen molar-refractivity contribution < 1.29 is 9.90 Å². The zero-order valence-corrected chi connectivity index (χ0v) is 18.9. The van der Waals surface area contributed by atoms with Crippen LogP contribution in [0.1, 0.15) is 61.8 Å². The molecule has 0 amide bonds. The maximum Gasteiger partial charge on any atom is 0.304 e. The molecule has 0 radical (unpaired) electrons. The molecule has 1 N–H and O–H groups in total. The SMILES string of the molecule is C=Cc1cc(C(C)C)c2c(Sc3ccc(Cl)cc3)c3n(c2c1)CCC[C@@H]3CC(=O)O. The second-order valence-corrected chi connectivity index (χ2v) is 9.74. The van der Waals surface area contributed by atoms with Gasteiger partial charge < -0.3 is 9.67 Å². The average molecular weight is 440 g/mol. The lowest BCUT2D eigenvalue weighted by Crippen LogP contribution is -2.18. The van der Waals surface area contributed by atoms with Crippen molar-refractivity contribution in [2.75, 3.05) is 0 Å². The van der Waals surface area contributed by atoms with Gasteiger partial charge in [0.2, 0.25) is 0 Å². The molecule has 2 aromatic carbocycles. The standard InChI is InChI=1S/C25H26ClNO2S/c1-4-16-12-20(15(2)3)23-21(13-16)27-11-5-6-17(14-22(28)29)24(27)25(23)30-19-9-7-18(26)8-10-19/h4,7-10,12-13,15,17H,1,5-6,11,14H2,2-3H3,(H,28,29)/t17-/m1/s1. The van der Waals surface area contributed by atoms with E-state index < -0.39 is 5.97 Å². The molecule has 0 fully saturated rings. The number of carboxylic acids is 1. The molecular formula is C25H26ClNO2S. The first kappa shape index (κ1) is 21.1. The van der Waals surface area contributed by atoms with Gasteiger partial charge in [-0.2, -0.15) is 0 Å². The van der Waals surface area contributed by atoms with Crippen LogP contribution in [0.5, 0.6) is 0 Å². The van der Waals surface area contributed by atoms with E-state index in [9.17, 15) is 9.90 Å². The monoisotopic (exact) mass is 439 g/mol. The Morgan fingerprint density at radius 3 is 2.70 bits per heavy atom. The summed E-state index contributed by atoms with van der Waals surface area (Å²) in [6.45, 7) is 9.32. The zero-order chi connectivity index (χ0) is 21.4. The maximum absolute atomic E-state index is 11.6. The number of carbonyl (C=O) groups is 1. The lowest BCUT2D eigenvalue weighted by molar-refractivity contribution is -0.137. The Bertz CT molecular complexity index is 1110. The number of hydrogen-bond acceptors (Lipinski definition) is 2. The van der Waals surface area contributed by atoms with Crippen LogP contribution >= 0.6 is 23.4 Å². The molecule has 1 aliphatic rings. The summed E-state index contributed by atoms with van der Waals surface area (Å²) in [6, 6.07) is 12.3. The van der Waals surface area contributed by atoms with E-state index in [2.05, 4.69) is 37.1 Å². The Morgan fingerprint density at radius 1 is 1.33 bits per heavy atom. The van der Waals surface area contributed by atoms with E-state index in [1.165, 1.54) is 27.1 Å². The highest BCUT2D eigenvalue weighted by Gasteiger charge is 2.31. The van der Waals surface area contributed by atoms with Crippen LogP contribution in [0.4, 0.5) is 0 Å². The molecule has 30 heavy (non-hydrogen) atoms. The summed E-state index contributed by atoms with van der Waals surface area (Å²) in [5.74, 6) is -0.373. The lowest BCUT2D eigenvalue weighted by atomic mass is 9.92. The van der Waals surface area contributed by atoms with Gasteiger partial charge in [-0.15, -0.1) is 0 Å². The molecule has 1 aliphatic heterocycles. The van der Waals surface area contributed by atoms with E-state index >= 15 is 0 Å².